The molecule has 1 aromatic heterocycles. The number of aliphatic hydroxyl groups excluding tert-OH is 1. The van der Waals surface area contributed by atoms with Gasteiger partial charge in [-0.2, -0.15) is 0 Å². The number of halogens is 1. The van der Waals surface area contributed by atoms with E-state index in [0.717, 1.165) is 0 Å². The summed E-state index contributed by atoms with van der Waals surface area (Å²) in [5.41, 5.74) is 1.08. The molecule has 1 aromatic rings. The van der Waals surface area contributed by atoms with Crippen molar-refractivity contribution in [2.75, 3.05) is 0 Å². The first-order valence-corrected chi connectivity index (χ1v) is 3.48. The molecule has 60 valence electrons. The van der Waals surface area contributed by atoms with Crippen LogP contribution in [0, 0.1) is 6.92 Å². The van der Waals surface area contributed by atoms with E-state index in [4.69, 9.17) is 21.8 Å². The number of aromatic nitrogens is 1. The second-order valence-corrected chi connectivity index (χ2v) is 2.59. The third-order valence-corrected chi connectivity index (χ3v) is 1.62. The molecule has 0 unspecified atom stereocenters. The Kier molecular flexibility index (Phi) is 2.31. The van der Waals surface area contributed by atoms with Gasteiger partial charge in [0.05, 0.1) is 12.3 Å². The van der Waals surface area contributed by atoms with E-state index in [1.807, 2.05) is 0 Å². The Morgan fingerprint density at radius 2 is 2.27 bits per heavy atom. The summed E-state index contributed by atoms with van der Waals surface area (Å²) < 4.78 is 0. The Morgan fingerprint density at radius 3 is 2.73 bits per heavy atom. The molecule has 11 heavy (non-hydrogen) atoms. The molecule has 1 rings (SSSR count). The number of hydrogen-bond donors (Lipinski definition) is 2. The molecule has 0 aliphatic heterocycles. The molecular weight excluding hydrogens is 166 g/mol. The minimum atomic E-state index is -0.166. The predicted octanol–water partition coefficient (Wildman–Crippen LogP) is 1.24. The monoisotopic (exact) mass is 173 g/mol. The molecule has 0 fully saturated rings. The van der Waals surface area contributed by atoms with Crippen molar-refractivity contribution in [3.63, 3.8) is 0 Å². The van der Waals surface area contributed by atoms with Crippen LogP contribution < -0.4 is 0 Å². The van der Waals surface area contributed by atoms with Crippen molar-refractivity contribution in [1.29, 1.82) is 0 Å². The molecule has 0 radical (unpaired) electrons. The molecule has 0 saturated carbocycles. The zero-order valence-electron chi connectivity index (χ0n) is 6.00. The highest BCUT2D eigenvalue weighted by atomic mass is 35.5. The molecule has 0 aliphatic rings. The average Bonchev–Trinajstić information content (AvgIpc) is 1.99. The van der Waals surface area contributed by atoms with Crippen LogP contribution in [0.1, 0.15) is 11.3 Å². The number of nitrogens with zero attached hydrogens (tertiary/aromatic N) is 1. The molecule has 0 bridgehead atoms. The molecular formula is C7H8ClNO2. The second kappa shape index (κ2) is 3.07. The van der Waals surface area contributed by atoms with Gasteiger partial charge in [-0.1, -0.05) is 11.6 Å². The number of aliphatic hydroxyl groups is 1. The van der Waals surface area contributed by atoms with E-state index in [2.05, 4.69) is 4.98 Å². The molecule has 3 nitrogen and oxygen atoms in total. The van der Waals surface area contributed by atoms with Gasteiger partial charge >= 0.3 is 0 Å². The Morgan fingerprint density at radius 1 is 1.64 bits per heavy atom. The average molecular weight is 174 g/mol. The maximum absolute atomic E-state index is 9.15. The normalized spacial score (nSPS) is 10.1. The summed E-state index contributed by atoms with van der Waals surface area (Å²) in [5, 5.41) is 17.9. The Hall–Kier alpha value is -0.800. The summed E-state index contributed by atoms with van der Waals surface area (Å²) in [7, 11) is 0. The van der Waals surface area contributed by atoms with Gasteiger partial charge in [-0.05, 0) is 18.6 Å². The topological polar surface area (TPSA) is 53.4 Å². The van der Waals surface area contributed by atoms with E-state index < -0.39 is 0 Å². The number of aromatic hydroxyl groups is 1. The first-order valence-electron chi connectivity index (χ1n) is 3.11. The number of aryl methyl sites for hydroxylation is 1. The largest absolute Gasteiger partial charge is 0.505 e. The van der Waals surface area contributed by atoms with Crippen molar-refractivity contribution in [2.45, 2.75) is 13.5 Å². The highest BCUT2D eigenvalue weighted by Crippen LogP contribution is 2.24. The Labute approximate surface area is 69.3 Å². The molecule has 0 aliphatic carbocycles. The van der Waals surface area contributed by atoms with Gasteiger partial charge in [-0.3, -0.25) is 0 Å². The van der Waals surface area contributed by atoms with E-state index in [0.29, 0.717) is 11.3 Å². The van der Waals surface area contributed by atoms with E-state index in [1.54, 1.807) is 13.0 Å². The van der Waals surface area contributed by atoms with Gasteiger partial charge in [0.15, 0.2) is 10.9 Å². The van der Waals surface area contributed by atoms with Crippen LogP contribution in [-0.4, -0.2) is 15.2 Å². The molecule has 4 heteroatoms. The first-order chi connectivity index (χ1) is 5.15. The van der Waals surface area contributed by atoms with Crippen LogP contribution in [-0.2, 0) is 6.61 Å². The van der Waals surface area contributed by atoms with Gasteiger partial charge in [0.2, 0.25) is 0 Å². The lowest BCUT2D eigenvalue weighted by molar-refractivity contribution is 0.276. The maximum atomic E-state index is 9.15. The van der Waals surface area contributed by atoms with Gasteiger partial charge in [0.1, 0.15) is 0 Å². The fraction of sp³-hybridized carbons (Fsp3) is 0.286. The highest BCUT2D eigenvalue weighted by Gasteiger charge is 2.04. The lowest BCUT2D eigenvalue weighted by Crippen LogP contribution is -1.91. The standard InChI is InChI=1S/C7H8ClNO2/c1-4-2-5(3-10)9-7(8)6(4)11/h2,10-11H,3H2,1H3. The van der Waals surface area contributed by atoms with Crippen LogP contribution in [0.25, 0.3) is 0 Å². The van der Waals surface area contributed by atoms with Gasteiger partial charge < -0.3 is 10.2 Å². The molecule has 0 aromatic carbocycles. The van der Waals surface area contributed by atoms with Crippen LogP contribution in [0.5, 0.6) is 5.75 Å². The smallest absolute Gasteiger partial charge is 0.171 e. The van der Waals surface area contributed by atoms with Crippen molar-refractivity contribution in [1.82, 2.24) is 4.98 Å². The van der Waals surface area contributed by atoms with Gasteiger partial charge in [-0.15, -0.1) is 0 Å². The van der Waals surface area contributed by atoms with E-state index in [-0.39, 0.29) is 17.5 Å². The summed E-state index contributed by atoms with van der Waals surface area (Å²) in [6, 6.07) is 1.58. The van der Waals surface area contributed by atoms with Gasteiger partial charge in [-0.25, -0.2) is 4.98 Å². The highest BCUT2D eigenvalue weighted by molar-refractivity contribution is 6.30. The molecule has 0 spiro atoms. The molecule has 0 atom stereocenters. The minimum absolute atomic E-state index is 0.0242. The third-order valence-electron chi connectivity index (χ3n) is 1.36. The zero-order valence-corrected chi connectivity index (χ0v) is 6.76. The summed E-state index contributed by atoms with van der Waals surface area (Å²) in [4.78, 5) is 3.72. The van der Waals surface area contributed by atoms with Crippen molar-refractivity contribution in [3.8, 4) is 5.75 Å². The summed E-state index contributed by atoms with van der Waals surface area (Å²) >= 11 is 5.53. The van der Waals surface area contributed by atoms with Crippen molar-refractivity contribution in [2.24, 2.45) is 0 Å². The SMILES string of the molecule is Cc1cc(CO)nc(Cl)c1O. The van der Waals surface area contributed by atoms with E-state index in [9.17, 15) is 0 Å². The Balaban J connectivity index is 3.21. The maximum Gasteiger partial charge on any atom is 0.171 e. The van der Waals surface area contributed by atoms with Crippen LogP contribution in [0.2, 0.25) is 5.15 Å². The van der Waals surface area contributed by atoms with Crippen LogP contribution >= 0.6 is 11.6 Å². The molecule has 2 N–H and O–H groups in total. The molecule has 0 amide bonds. The van der Waals surface area contributed by atoms with Crippen molar-refractivity contribution >= 4 is 11.6 Å². The number of pyridine rings is 1. The third kappa shape index (κ3) is 1.61. The Bertz CT molecular complexity index is 252. The van der Waals surface area contributed by atoms with E-state index >= 15 is 0 Å². The quantitative estimate of drug-likeness (QED) is 0.629. The summed E-state index contributed by atoms with van der Waals surface area (Å²) in [6.45, 7) is 1.53. The lowest BCUT2D eigenvalue weighted by atomic mass is 10.2. The predicted molar refractivity (Wildman–Crippen MR) is 41.6 cm³/mol. The molecule has 1 heterocycles. The van der Waals surface area contributed by atoms with Crippen LogP contribution in [0.4, 0.5) is 0 Å². The molecule has 0 saturated heterocycles. The lowest BCUT2D eigenvalue weighted by Gasteiger charge is -2.02. The first kappa shape index (κ1) is 8.30. The summed E-state index contributed by atoms with van der Waals surface area (Å²) in [5.74, 6) is -0.0242. The van der Waals surface area contributed by atoms with Gasteiger partial charge in [0, 0.05) is 0 Å². The fourth-order valence-corrected chi connectivity index (χ4v) is 1.03. The number of rotatable bonds is 1. The minimum Gasteiger partial charge on any atom is -0.505 e. The fourth-order valence-electron chi connectivity index (χ4n) is 0.773. The van der Waals surface area contributed by atoms with E-state index in [1.165, 1.54) is 0 Å². The second-order valence-electron chi connectivity index (χ2n) is 2.23. The van der Waals surface area contributed by atoms with Crippen molar-refractivity contribution in [3.05, 3.63) is 22.5 Å². The van der Waals surface area contributed by atoms with Crippen LogP contribution in [0.3, 0.4) is 0 Å². The number of hydrogen-bond acceptors (Lipinski definition) is 3. The zero-order chi connectivity index (χ0) is 8.43. The van der Waals surface area contributed by atoms with Crippen molar-refractivity contribution < 1.29 is 10.2 Å². The van der Waals surface area contributed by atoms with Gasteiger partial charge in [0.25, 0.3) is 0 Å². The van der Waals surface area contributed by atoms with Crippen LogP contribution in [0.15, 0.2) is 6.07 Å². The summed E-state index contributed by atoms with van der Waals surface area (Å²) in [6.07, 6.45) is 0.